The van der Waals surface area contributed by atoms with E-state index in [0.29, 0.717) is 0 Å². The van der Waals surface area contributed by atoms with Gasteiger partial charge in [0.15, 0.2) is 0 Å². The lowest BCUT2D eigenvalue weighted by Gasteiger charge is -2.14. The maximum atomic E-state index is 7.44. The zero-order valence-corrected chi connectivity index (χ0v) is 16.9. The van der Waals surface area contributed by atoms with Crippen LogP contribution in [0.15, 0.2) is 12.2 Å². The van der Waals surface area contributed by atoms with Crippen LogP contribution in [0, 0.1) is 5.41 Å². The molecule has 0 bridgehead atoms. The number of halogens is 3. The molecule has 7 heteroatoms. The van der Waals surface area contributed by atoms with Crippen molar-refractivity contribution in [1.82, 2.24) is 0 Å². The largest absolute Gasteiger partial charge is 0.474 e. The zero-order chi connectivity index (χ0) is 18.3. The summed E-state index contributed by atoms with van der Waals surface area (Å²) < 4.78 is 13.8. The Morgan fingerprint density at radius 1 is 1.08 bits per heavy atom. The Bertz CT molecular complexity index is 346. The van der Waals surface area contributed by atoms with E-state index in [4.69, 9.17) is 54.4 Å². The number of hydrogen-bond donors (Lipinski definition) is 1. The summed E-state index contributed by atoms with van der Waals surface area (Å²) >= 11 is 16.6. The number of methoxy groups -OCH3 is 1. The molecule has 0 rings (SSSR count). The molecule has 0 aliphatic rings. The highest BCUT2D eigenvalue weighted by Crippen LogP contribution is 2.27. The van der Waals surface area contributed by atoms with Gasteiger partial charge in [0.2, 0.25) is 5.90 Å². The van der Waals surface area contributed by atoms with E-state index < -0.39 is 9.69 Å². The van der Waals surface area contributed by atoms with Crippen molar-refractivity contribution < 1.29 is 14.2 Å². The first-order chi connectivity index (χ1) is 11.4. The Kier molecular flexibility index (Phi) is 15.3. The first-order valence-electron chi connectivity index (χ1n) is 8.47. The summed E-state index contributed by atoms with van der Waals surface area (Å²) in [5.74, 6) is -0.390. The average Bonchev–Trinajstić information content (AvgIpc) is 2.53. The van der Waals surface area contributed by atoms with Gasteiger partial charge in [-0.1, -0.05) is 92.7 Å². The van der Waals surface area contributed by atoms with Gasteiger partial charge < -0.3 is 14.2 Å². The second-order valence-corrected chi connectivity index (χ2v) is 7.87. The Morgan fingerprint density at radius 3 is 2.29 bits per heavy atom. The molecule has 0 radical (unpaired) electrons. The molecular formula is C17H30Cl3NO3. The minimum Gasteiger partial charge on any atom is -0.474 e. The number of alkyl halides is 3. The van der Waals surface area contributed by atoms with Crippen LogP contribution < -0.4 is 0 Å². The first kappa shape index (κ1) is 24.0. The maximum Gasteiger partial charge on any atom is 0.265 e. The molecule has 24 heavy (non-hydrogen) atoms. The summed E-state index contributed by atoms with van der Waals surface area (Å²) in [6, 6.07) is 0. The molecule has 0 heterocycles. The fourth-order valence-electron chi connectivity index (χ4n) is 2.11. The van der Waals surface area contributed by atoms with E-state index in [9.17, 15) is 0 Å². The zero-order valence-electron chi connectivity index (χ0n) is 14.7. The fourth-order valence-corrected chi connectivity index (χ4v) is 2.28. The lowest BCUT2D eigenvalue weighted by Crippen LogP contribution is -2.21. The molecule has 0 fully saturated rings. The molecule has 0 saturated carbocycles. The summed E-state index contributed by atoms with van der Waals surface area (Å²) in [5, 5.41) is 7.44. The van der Waals surface area contributed by atoms with Crippen LogP contribution >= 0.6 is 34.8 Å². The molecule has 142 valence electrons. The molecule has 0 aliphatic heterocycles. The third-order valence-electron chi connectivity index (χ3n) is 3.42. The number of rotatable bonds is 14. The average molecular weight is 403 g/mol. The number of ether oxygens (including phenoxy) is 3. The van der Waals surface area contributed by atoms with E-state index in [1.54, 1.807) is 13.2 Å². The summed E-state index contributed by atoms with van der Waals surface area (Å²) in [5.41, 5.74) is 0. The van der Waals surface area contributed by atoms with Crippen LogP contribution in [0.3, 0.4) is 0 Å². The van der Waals surface area contributed by atoms with E-state index in [1.165, 1.54) is 38.5 Å². The predicted molar refractivity (Wildman–Crippen MR) is 102 cm³/mol. The van der Waals surface area contributed by atoms with E-state index in [1.807, 2.05) is 6.08 Å². The molecule has 0 aromatic carbocycles. The second kappa shape index (κ2) is 15.3. The number of nitrogens with one attached hydrogen (secondary N) is 1. The Balaban J connectivity index is 3.99. The van der Waals surface area contributed by atoms with Gasteiger partial charge in [0.05, 0.1) is 6.10 Å². The van der Waals surface area contributed by atoms with Crippen molar-refractivity contribution in [1.29, 1.82) is 5.41 Å². The summed E-state index contributed by atoms with van der Waals surface area (Å²) in [6.45, 7) is 2.63. The Labute approximate surface area is 161 Å². The summed E-state index contributed by atoms with van der Waals surface area (Å²) in [7, 11) is 1.60. The molecule has 0 unspecified atom stereocenters. The van der Waals surface area contributed by atoms with Crippen LogP contribution in [0.4, 0.5) is 0 Å². The maximum absolute atomic E-state index is 7.44. The van der Waals surface area contributed by atoms with Crippen LogP contribution in [0.1, 0.15) is 58.3 Å². The highest BCUT2D eigenvalue weighted by molar-refractivity contribution is 6.76. The van der Waals surface area contributed by atoms with E-state index in [0.717, 1.165) is 12.8 Å². The topological polar surface area (TPSA) is 51.5 Å². The third kappa shape index (κ3) is 14.4. The number of hydrogen-bond acceptors (Lipinski definition) is 4. The molecule has 0 aromatic rings. The molecule has 0 aromatic heterocycles. The Morgan fingerprint density at radius 2 is 1.71 bits per heavy atom. The second-order valence-electron chi connectivity index (χ2n) is 5.59. The lowest BCUT2D eigenvalue weighted by atomic mass is 10.1. The first-order valence-corrected chi connectivity index (χ1v) is 9.61. The molecule has 0 amide bonds. The molecule has 0 saturated heterocycles. The van der Waals surface area contributed by atoms with Crippen molar-refractivity contribution in [3.05, 3.63) is 12.2 Å². The van der Waals surface area contributed by atoms with Crippen LogP contribution in [0.5, 0.6) is 0 Å². The fraction of sp³-hybridized carbons (Fsp3) is 0.824. The van der Waals surface area contributed by atoms with Crippen molar-refractivity contribution in [3.63, 3.8) is 0 Å². The van der Waals surface area contributed by atoms with Gasteiger partial charge in [-0.05, 0) is 12.5 Å². The highest BCUT2D eigenvalue weighted by atomic mass is 35.6. The minimum atomic E-state index is -1.82. The van der Waals surface area contributed by atoms with Crippen LogP contribution in [0.2, 0.25) is 0 Å². The van der Waals surface area contributed by atoms with Gasteiger partial charge >= 0.3 is 0 Å². The van der Waals surface area contributed by atoms with E-state index >= 15 is 0 Å². The van der Waals surface area contributed by atoms with Crippen molar-refractivity contribution in [2.75, 3.05) is 20.5 Å². The molecule has 0 spiro atoms. The smallest absolute Gasteiger partial charge is 0.265 e. The molecule has 1 atom stereocenters. The van der Waals surface area contributed by atoms with Gasteiger partial charge in [-0.15, -0.1) is 0 Å². The van der Waals surface area contributed by atoms with Crippen molar-refractivity contribution in [3.8, 4) is 0 Å². The molecular weight excluding hydrogens is 373 g/mol. The number of unbranched alkanes of at least 4 members (excludes halogenated alkanes) is 6. The van der Waals surface area contributed by atoms with Gasteiger partial charge in [-0.25, -0.2) is 0 Å². The van der Waals surface area contributed by atoms with Gasteiger partial charge in [0.25, 0.3) is 3.79 Å². The molecule has 1 N–H and O–H groups in total. The van der Waals surface area contributed by atoms with Gasteiger partial charge in [0, 0.05) is 7.11 Å². The monoisotopic (exact) mass is 401 g/mol. The Hall–Kier alpha value is -0.0000000000000000416. The minimum absolute atomic E-state index is 0.0360. The van der Waals surface area contributed by atoms with Crippen molar-refractivity contribution >= 4 is 40.7 Å². The van der Waals surface area contributed by atoms with Gasteiger partial charge in [0.1, 0.15) is 13.4 Å². The summed E-state index contributed by atoms with van der Waals surface area (Å²) in [6.07, 6.45) is 13.4. The molecule has 4 nitrogen and oxygen atoms in total. The quantitative estimate of drug-likeness (QED) is 0.0962. The van der Waals surface area contributed by atoms with Gasteiger partial charge in [-0.3, -0.25) is 5.41 Å². The van der Waals surface area contributed by atoms with Crippen molar-refractivity contribution in [2.45, 2.75) is 68.2 Å². The van der Waals surface area contributed by atoms with Crippen molar-refractivity contribution in [2.24, 2.45) is 0 Å². The van der Waals surface area contributed by atoms with Crippen LogP contribution in [0.25, 0.3) is 0 Å². The predicted octanol–water partition coefficient (Wildman–Crippen LogP) is 6.04. The standard InChI is InChI=1S/C17H30Cl3NO3/c1-3-4-5-6-7-8-9-11-15(24-14-22-2)12-10-13-23-16(21)17(18,19)20/h10,12,15,21H,3-9,11,13-14H2,1-2H3/b12-10+,21-16?/t15-/m1/s1. The van der Waals surface area contributed by atoms with Crippen LogP contribution in [-0.4, -0.2) is 36.3 Å². The third-order valence-corrected chi connectivity index (χ3v) is 3.94. The summed E-state index contributed by atoms with van der Waals surface area (Å²) in [4.78, 5) is 0. The van der Waals surface area contributed by atoms with E-state index in [-0.39, 0.29) is 19.5 Å². The lowest BCUT2D eigenvalue weighted by molar-refractivity contribution is -0.0581. The normalized spacial score (nSPS) is 13.4. The highest BCUT2D eigenvalue weighted by Gasteiger charge is 2.28. The van der Waals surface area contributed by atoms with Crippen LogP contribution in [-0.2, 0) is 14.2 Å². The molecule has 0 aliphatic carbocycles. The van der Waals surface area contributed by atoms with Gasteiger partial charge in [-0.2, -0.15) is 0 Å². The SMILES string of the molecule is CCCCCCCCC[C@H](/C=C/COC(=N)C(Cl)(Cl)Cl)OCOC. The van der Waals surface area contributed by atoms with E-state index in [2.05, 4.69) is 6.92 Å².